The van der Waals surface area contributed by atoms with Crippen molar-refractivity contribution >= 4 is 17.1 Å². The molecule has 0 amide bonds. The van der Waals surface area contributed by atoms with Crippen molar-refractivity contribution in [2.45, 2.75) is 0 Å². The first-order chi connectivity index (χ1) is 9.02. The average Bonchev–Trinajstić information content (AvgIpc) is 2.41. The van der Waals surface area contributed by atoms with Gasteiger partial charge in [-0.1, -0.05) is 0 Å². The molecule has 96 valence electrons. The highest BCUT2D eigenvalue weighted by Crippen LogP contribution is 2.28. The molecule has 0 aromatic heterocycles. The Kier molecular flexibility index (Phi) is 3.29. The molecular weight excluding hydrogens is 255 g/mol. The van der Waals surface area contributed by atoms with Gasteiger partial charge in [-0.2, -0.15) is 5.26 Å². The van der Waals surface area contributed by atoms with Crippen LogP contribution in [0.15, 0.2) is 30.3 Å². The molecule has 0 atom stereocenters. The summed E-state index contributed by atoms with van der Waals surface area (Å²) in [6.07, 6.45) is 0. The minimum atomic E-state index is -1.14. The van der Waals surface area contributed by atoms with Gasteiger partial charge in [0.05, 0.1) is 11.3 Å². The van der Waals surface area contributed by atoms with Gasteiger partial charge in [0, 0.05) is 5.69 Å². The van der Waals surface area contributed by atoms with Crippen LogP contribution in [0.3, 0.4) is 0 Å². The van der Waals surface area contributed by atoms with Crippen LogP contribution >= 0.6 is 0 Å². The van der Waals surface area contributed by atoms with Crippen molar-refractivity contribution in [1.82, 2.24) is 0 Å². The fourth-order valence-electron chi connectivity index (χ4n) is 1.53. The van der Waals surface area contributed by atoms with Crippen molar-refractivity contribution in [1.29, 1.82) is 5.26 Å². The molecule has 0 saturated carbocycles. The fourth-order valence-corrected chi connectivity index (χ4v) is 1.53. The Bertz CT molecular complexity index is 678. The van der Waals surface area contributed by atoms with Crippen LogP contribution < -0.4 is 11.1 Å². The minimum Gasteiger partial charge on any atom is -0.397 e. The summed E-state index contributed by atoms with van der Waals surface area (Å²) in [5, 5.41) is 11.2. The molecule has 3 nitrogen and oxygen atoms in total. The first-order valence-corrected chi connectivity index (χ1v) is 5.23. The number of anilines is 3. The first kappa shape index (κ1) is 12.8. The topological polar surface area (TPSA) is 61.8 Å². The summed E-state index contributed by atoms with van der Waals surface area (Å²) in [7, 11) is 0. The lowest BCUT2D eigenvalue weighted by Crippen LogP contribution is -2.02. The smallest absolute Gasteiger partial charge is 0.184 e. The molecule has 0 saturated heterocycles. The number of benzene rings is 2. The predicted octanol–water partition coefficient (Wildman–Crippen LogP) is 3.30. The number of hydrogen-bond acceptors (Lipinski definition) is 3. The minimum absolute atomic E-state index is 0.00160. The van der Waals surface area contributed by atoms with E-state index in [0.717, 1.165) is 12.1 Å². The molecule has 0 bridgehead atoms. The van der Waals surface area contributed by atoms with Crippen LogP contribution in [0.25, 0.3) is 0 Å². The third kappa shape index (κ3) is 2.45. The summed E-state index contributed by atoms with van der Waals surface area (Å²) < 4.78 is 39.8. The highest BCUT2D eigenvalue weighted by molar-refractivity contribution is 5.73. The van der Waals surface area contributed by atoms with Crippen molar-refractivity contribution < 1.29 is 13.2 Å². The monoisotopic (exact) mass is 263 g/mol. The summed E-state index contributed by atoms with van der Waals surface area (Å²) in [6.45, 7) is 0. The van der Waals surface area contributed by atoms with E-state index in [1.807, 2.05) is 0 Å². The Morgan fingerprint density at radius 2 is 1.74 bits per heavy atom. The number of hydrogen-bond donors (Lipinski definition) is 2. The van der Waals surface area contributed by atoms with Gasteiger partial charge in [-0.15, -0.1) is 0 Å². The number of nitrogens with two attached hydrogens (primary N) is 1. The van der Waals surface area contributed by atoms with Gasteiger partial charge in [-0.3, -0.25) is 0 Å². The molecule has 0 radical (unpaired) electrons. The summed E-state index contributed by atoms with van der Waals surface area (Å²) in [6, 6.07) is 7.28. The Hall–Kier alpha value is -2.68. The molecule has 0 spiro atoms. The highest BCUT2D eigenvalue weighted by Gasteiger charge is 2.12. The SMILES string of the molecule is N#Cc1cc(Nc2c(N)ccc(F)c2F)ccc1F. The van der Waals surface area contributed by atoms with Gasteiger partial charge in [0.25, 0.3) is 0 Å². The zero-order valence-electron chi connectivity index (χ0n) is 9.55. The number of nitrogens with one attached hydrogen (secondary N) is 1. The maximum atomic E-state index is 13.6. The lowest BCUT2D eigenvalue weighted by Gasteiger charge is -2.11. The Morgan fingerprint density at radius 3 is 2.42 bits per heavy atom. The fraction of sp³-hybridized carbons (Fsp3) is 0. The molecule has 0 heterocycles. The molecule has 0 aliphatic rings. The number of halogens is 3. The zero-order valence-corrected chi connectivity index (χ0v) is 9.55. The molecule has 0 aliphatic carbocycles. The van der Waals surface area contributed by atoms with E-state index in [0.29, 0.717) is 0 Å². The van der Waals surface area contributed by atoms with Gasteiger partial charge in [-0.05, 0) is 30.3 Å². The van der Waals surface area contributed by atoms with E-state index in [9.17, 15) is 13.2 Å². The Morgan fingerprint density at radius 1 is 1.05 bits per heavy atom. The second-order valence-corrected chi connectivity index (χ2v) is 3.76. The van der Waals surface area contributed by atoms with Crippen LogP contribution in [0, 0.1) is 28.8 Å². The molecule has 0 aliphatic heterocycles. The number of nitrogens with zero attached hydrogens (tertiary/aromatic N) is 1. The summed E-state index contributed by atoms with van der Waals surface area (Å²) >= 11 is 0. The van der Waals surface area contributed by atoms with Gasteiger partial charge in [0.1, 0.15) is 17.6 Å². The van der Waals surface area contributed by atoms with Gasteiger partial charge in [0.15, 0.2) is 11.6 Å². The van der Waals surface area contributed by atoms with Crippen molar-refractivity contribution in [3.05, 3.63) is 53.3 Å². The third-order valence-electron chi connectivity index (χ3n) is 2.48. The quantitative estimate of drug-likeness (QED) is 0.817. The maximum absolute atomic E-state index is 13.6. The second-order valence-electron chi connectivity index (χ2n) is 3.76. The van der Waals surface area contributed by atoms with Crippen LogP contribution in [0.1, 0.15) is 5.56 Å². The molecule has 2 aromatic carbocycles. The lowest BCUT2D eigenvalue weighted by molar-refractivity contribution is 0.512. The van der Waals surface area contributed by atoms with Gasteiger partial charge in [0.2, 0.25) is 0 Å². The molecule has 0 unspecified atom stereocenters. The Labute approximate surface area is 107 Å². The second kappa shape index (κ2) is 4.90. The van der Waals surface area contributed by atoms with E-state index < -0.39 is 17.5 Å². The van der Waals surface area contributed by atoms with E-state index in [2.05, 4.69) is 5.32 Å². The largest absolute Gasteiger partial charge is 0.397 e. The zero-order chi connectivity index (χ0) is 14.0. The average molecular weight is 263 g/mol. The first-order valence-electron chi connectivity index (χ1n) is 5.23. The van der Waals surface area contributed by atoms with Gasteiger partial charge < -0.3 is 11.1 Å². The Balaban J connectivity index is 2.42. The van der Waals surface area contributed by atoms with Crippen molar-refractivity contribution in [3.8, 4) is 6.07 Å². The van der Waals surface area contributed by atoms with E-state index >= 15 is 0 Å². The predicted molar refractivity (Wildman–Crippen MR) is 65.2 cm³/mol. The number of rotatable bonds is 2. The van der Waals surface area contributed by atoms with Crippen molar-refractivity contribution in [3.63, 3.8) is 0 Å². The van der Waals surface area contributed by atoms with Crippen LogP contribution in [0.5, 0.6) is 0 Å². The normalized spacial score (nSPS) is 10.0. The van der Waals surface area contributed by atoms with E-state index in [4.69, 9.17) is 11.0 Å². The number of nitriles is 1. The number of nitrogen functional groups attached to an aromatic ring is 1. The standard InChI is InChI=1S/C13H8F3N3/c14-9-2-1-8(5-7(9)6-17)19-13-11(18)4-3-10(15)12(13)16/h1-5,19H,18H2. The van der Waals surface area contributed by atoms with Crippen LogP contribution in [0.2, 0.25) is 0 Å². The van der Waals surface area contributed by atoms with Crippen LogP contribution in [0.4, 0.5) is 30.2 Å². The summed E-state index contributed by atoms with van der Waals surface area (Å²) in [5.41, 5.74) is 5.30. The van der Waals surface area contributed by atoms with E-state index in [1.54, 1.807) is 6.07 Å². The van der Waals surface area contributed by atoms with Crippen LogP contribution in [-0.2, 0) is 0 Å². The molecular formula is C13H8F3N3. The lowest BCUT2D eigenvalue weighted by atomic mass is 10.2. The van der Waals surface area contributed by atoms with Crippen LogP contribution in [-0.4, -0.2) is 0 Å². The highest BCUT2D eigenvalue weighted by atomic mass is 19.2. The molecule has 2 aromatic rings. The summed E-state index contributed by atoms with van der Waals surface area (Å²) in [5.74, 6) is -2.89. The molecule has 19 heavy (non-hydrogen) atoms. The van der Waals surface area contributed by atoms with Gasteiger partial charge in [-0.25, -0.2) is 13.2 Å². The van der Waals surface area contributed by atoms with Gasteiger partial charge >= 0.3 is 0 Å². The van der Waals surface area contributed by atoms with Crippen molar-refractivity contribution in [2.75, 3.05) is 11.1 Å². The van der Waals surface area contributed by atoms with Crippen molar-refractivity contribution in [2.24, 2.45) is 0 Å². The third-order valence-corrected chi connectivity index (χ3v) is 2.48. The molecule has 0 fully saturated rings. The summed E-state index contributed by atoms with van der Waals surface area (Å²) in [4.78, 5) is 0. The van der Waals surface area contributed by atoms with E-state index in [1.165, 1.54) is 18.2 Å². The maximum Gasteiger partial charge on any atom is 0.184 e. The molecule has 2 rings (SSSR count). The molecule has 3 N–H and O–H groups in total. The van der Waals surface area contributed by atoms with E-state index in [-0.39, 0.29) is 22.6 Å². The molecule has 6 heteroatoms.